The molecular formula is C27H31BrF2N2O3. The van der Waals surface area contributed by atoms with Crippen molar-refractivity contribution in [3.63, 3.8) is 0 Å². The Balaban J connectivity index is 1.46. The number of ether oxygens (including phenoxy) is 1. The largest absolute Gasteiger partial charge is 0.396 e. The average Bonchev–Trinajstić information content (AvgIpc) is 3.64. The van der Waals surface area contributed by atoms with Gasteiger partial charge in [-0.3, -0.25) is 4.79 Å². The van der Waals surface area contributed by atoms with Gasteiger partial charge < -0.3 is 20.1 Å². The van der Waals surface area contributed by atoms with Gasteiger partial charge in [-0.05, 0) is 91.6 Å². The number of hydrogen-bond acceptors (Lipinski definition) is 4. The lowest BCUT2D eigenvalue weighted by Gasteiger charge is -2.43. The topological polar surface area (TPSA) is 61.8 Å². The van der Waals surface area contributed by atoms with Gasteiger partial charge in [-0.2, -0.15) is 0 Å². The first-order valence-corrected chi connectivity index (χ1v) is 13.2. The van der Waals surface area contributed by atoms with E-state index in [1.165, 1.54) is 12.1 Å². The van der Waals surface area contributed by atoms with E-state index in [1.54, 1.807) is 0 Å². The maximum atomic E-state index is 14.3. The molecule has 2 unspecified atom stereocenters. The molecule has 188 valence electrons. The lowest BCUT2D eigenvalue weighted by atomic mass is 9.75. The summed E-state index contributed by atoms with van der Waals surface area (Å²) < 4.78 is 35.4. The smallest absolute Gasteiger partial charge is 0.230 e. The maximum Gasteiger partial charge on any atom is 0.230 e. The number of carbonyl (C=O) groups excluding carboxylic acids is 1. The van der Waals surface area contributed by atoms with E-state index in [2.05, 4.69) is 40.3 Å². The van der Waals surface area contributed by atoms with Gasteiger partial charge in [-0.15, -0.1) is 0 Å². The number of piperidine rings is 1. The van der Waals surface area contributed by atoms with Crippen molar-refractivity contribution >= 4 is 21.8 Å². The monoisotopic (exact) mass is 548 g/mol. The first-order chi connectivity index (χ1) is 16.8. The van der Waals surface area contributed by atoms with E-state index in [9.17, 15) is 18.7 Å². The van der Waals surface area contributed by atoms with Gasteiger partial charge in [0.25, 0.3) is 0 Å². The Morgan fingerprint density at radius 2 is 2.03 bits per heavy atom. The Hall–Kier alpha value is -1.87. The van der Waals surface area contributed by atoms with E-state index in [1.807, 2.05) is 4.90 Å². The molecule has 2 aromatic carbocycles. The van der Waals surface area contributed by atoms with Gasteiger partial charge in [-0.1, -0.05) is 22.0 Å². The van der Waals surface area contributed by atoms with Gasteiger partial charge in [0.1, 0.15) is 5.60 Å². The minimum Gasteiger partial charge on any atom is -0.396 e. The van der Waals surface area contributed by atoms with E-state index in [0.29, 0.717) is 43.6 Å². The van der Waals surface area contributed by atoms with Gasteiger partial charge in [0.15, 0.2) is 11.6 Å². The van der Waals surface area contributed by atoms with Gasteiger partial charge in [0.2, 0.25) is 5.91 Å². The number of amides is 1. The second-order valence-corrected chi connectivity index (χ2v) is 10.8. The zero-order valence-corrected chi connectivity index (χ0v) is 21.5. The maximum absolute atomic E-state index is 14.3. The fourth-order valence-electron chi connectivity index (χ4n) is 5.62. The third kappa shape index (κ3) is 4.66. The summed E-state index contributed by atoms with van der Waals surface area (Å²) in [5.74, 6) is -2.32. The molecule has 2 aromatic rings. The third-order valence-corrected chi connectivity index (χ3v) is 8.53. The van der Waals surface area contributed by atoms with Gasteiger partial charge in [0, 0.05) is 30.2 Å². The molecule has 2 fully saturated rings. The molecule has 2 N–H and O–H groups in total. The zero-order chi connectivity index (χ0) is 24.7. The Labute approximate surface area is 213 Å². The summed E-state index contributed by atoms with van der Waals surface area (Å²) in [6.07, 6.45) is 3.91. The summed E-state index contributed by atoms with van der Waals surface area (Å²) in [7, 11) is 0. The van der Waals surface area contributed by atoms with Crippen LogP contribution in [-0.4, -0.2) is 41.7 Å². The van der Waals surface area contributed by atoms with E-state index >= 15 is 0 Å². The molecule has 3 aliphatic rings. The van der Waals surface area contributed by atoms with Crippen LogP contribution in [0.4, 0.5) is 8.78 Å². The van der Waals surface area contributed by atoms with Crippen molar-refractivity contribution in [1.82, 2.24) is 10.2 Å². The lowest BCUT2D eigenvalue weighted by molar-refractivity contribution is -0.157. The third-order valence-electron chi connectivity index (χ3n) is 7.71. The molecule has 2 heterocycles. The molecule has 2 atom stereocenters. The summed E-state index contributed by atoms with van der Waals surface area (Å²) in [6.45, 7) is 3.92. The van der Waals surface area contributed by atoms with E-state index < -0.39 is 23.2 Å². The highest BCUT2D eigenvalue weighted by Gasteiger charge is 2.53. The highest BCUT2D eigenvalue weighted by atomic mass is 79.9. The Morgan fingerprint density at radius 3 is 2.77 bits per heavy atom. The lowest BCUT2D eigenvalue weighted by Crippen LogP contribution is -2.55. The molecule has 35 heavy (non-hydrogen) atoms. The molecule has 5 nitrogen and oxygen atoms in total. The van der Waals surface area contributed by atoms with Crippen molar-refractivity contribution in [1.29, 1.82) is 0 Å². The standard InChI is InChI=1S/C27H31BrF2N2O3/c1-16-18(3-2-8-33)9-17(10-23(16)28)14-32(20-4-5-20)26(34)22-13-31-7-6-27(22)21-12-25(30)24(29)11-19(21)15-35-27/h9-12,20,22,31,33H,2-8,13-15H2,1H3. The number of halogens is 3. The Bertz CT molecular complexity index is 1140. The number of aliphatic hydroxyl groups excluding tert-OH is 1. The van der Waals surface area contributed by atoms with Crippen LogP contribution in [0.5, 0.6) is 0 Å². The molecule has 1 amide bonds. The molecule has 0 bridgehead atoms. The molecule has 2 aliphatic heterocycles. The normalized spacial score (nSPS) is 23.5. The number of rotatable bonds is 7. The molecule has 1 spiro atoms. The first kappa shape index (κ1) is 24.8. The number of nitrogens with one attached hydrogen (secondary N) is 1. The number of benzene rings is 2. The zero-order valence-electron chi connectivity index (χ0n) is 19.9. The van der Waals surface area contributed by atoms with Gasteiger partial charge in [-0.25, -0.2) is 8.78 Å². The quantitative estimate of drug-likeness (QED) is 0.535. The van der Waals surface area contributed by atoms with Crippen molar-refractivity contribution < 1.29 is 23.4 Å². The van der Waals surface area contributed by atoms with Gasteiger partial charge in [0.05, 0.1) is 12.5 Å². The van der Waals surface area contributed by atoms with Crippen molar-refractivity contribution in [3.8, 4) is 0 Å². The van der Waals surface area contributed by atoms with E-state index in [-0.39, 0.29) is 25.2 Å². The highest BCUT2D eigenvalue weighted by molar-refractivity contribution is 9.10. The fourth-order valence-corrected chi connectivity index (χ4v) is 6.16. The number of carbonyl (C=O) groups is 1. The van der Waals surface area contributed by atoms with Gasteiger partial charge >= 0.3 is 0 Å². The van der Waals surface area contributed by atoms with Crippen molar-refractivity contribution in [2.24, 2.45) is 5.92 Å². The van der Waals surface area contributed by atoms with E-state index in [4.69, 9.17) is 4.74 Å². The van der Waals surface area contributed by atoms with Crippen LogP contribution in [-0.2, 0) is 34.7 Å². The molecule has 8 heteroatoms. The second-order valence-electron chi connectivity index (χ2n) is 9.99. The number of nitrogens with zero attached hydrogens (tertiary/aromatic N) is 1. The molecule has 1 saturated heterocycles. The molecule has 1 saturated carbocycles. The van der Waals surface area contributed by atoms with Crippen LogP contribution in [0.1, 0.15) is 53.5 Å². The fraction of sp³-hybridized carbons (Fsp3) is 0.519. The molecule has 1 aliphatic carbocycles. The number of aryl methyl sites for hydroxylation is 1. The second kappa shape index (κ2) is 9.88. The summed E-state index contributed by atoms with van der Waals surface area (Å²) in [6, 6.07) is 6.81. The predicted molar refractivity (Wildman–Crippen MR) is 132 cm³/mol. The molecule has 0 aromatic heterocycles. The van der Waals surface area contributed by atoms with Crippen molar-refractivity contribution in [3.05, 3.63) is 68.2 Å². The molecular weight excluding hydrogens is 518 g/mol. The van der Waals surface area contributed by atoms with Crippen LogP contribution in [0.25, 0.3) is 0 Å². The van der Waals surface area contributed by atoms with Crippen LogP contribution in [0.2, 0.25) is 0 Å². The van der Waals surface area contributed by atoms with Crippen LogP contribution in [0.3, 0.4) is 0 Å². The highest BCUT2D eigenvalue weighted by Crippen LogP contribution is 2.48. The summed E-state index contributed by atoms with van der Waals surface area (Å²) >= 11 is 3.66. The Kier molecular flexibility index (Phi) is 7.00. The average molecular weight is 549 g/mol. The number of aliphatic hydroxyl groups is 1. The van der Waals surface area contributed by atoms with E-state index in [0.717, 1.165) is 40.4 Å². The SMILES string of the molecule is Cc1c(Br)cc(CN(C(=O)C2CNCCC23OCc2cc(F)c(F)cc23)C2CC2)cc1CCCO. The molecule has 0 radical (unpaired) electrons. The summed E-state index contributed by atoms with van der Waals surface area (Å²) in [4.78, 5) is 16.1. The predicted octanol–water partition coefficient (Wildman–Crippen LogP) is 4.49. The minimum absolute atomic E-state index is 0.00844. The Morgan fingerprint density at radius 1 is 1.26 bits per heavy atom. The van der Waals surface area contributed by atoms with Crippen LogP contribution in [0.15, 0.2) is 28.7 Å². The minimum atomic E-state index is -0.945. The van der Waals surface area contributed by atoms with Crippen LogP contribution >= 0.6 is 15.9 Å². The number of hydrogen-bond donors (Lipinski definition) is 2. The van der Waals surface area contributed by atoms with Crippen LogP contribution in [0, 0.1) is 24.5 Å². The van der Waals surface area contributed by atoms with Crippen molar-refractivity contribution in [2.75, 3.05) is 19.7 Å². The first-order valence-electron chi connectivity index (χ1n) is 12.4. The number of fused-ring (bicyclic) bond motifs is 2. The van der Waals surface area contributed by atoms with Crippen LogP contribution < -0.4 is 5.32 Å². The van der Waals surface area contributed by atoms with Crippen molar-refractivity contribution in [2.45, 2.75) is 63.8 Å². The molecule has 5 rings (SSSR count). The summed E-state index contributed by atoms with van der Waals surface area (Å²) in [5.41, 5.74) is 3.63. The summed E-state index contributed by atoms with van der Waals surface area (Å²) in [5, 5.41) is 12.6.